The molecule has 1 aliphatic rings. The number of benzene rings is 1. The third-order valence-corrected chi connectivity index (χ3v) is 3.69. The van der Waals surface area contributed by atoms with Crippen molar-refractivity contribution in [2.45, 2.75) is 32.5 Å². The monoisotopic (exact) mass is 277 g/mol. The van der Waals surface area contributed by atoms with Crippen molar-refractivity contribution in [1.29, 1.82) is 0 Å². The molecule has 110 valence electrons. The van der Waals surface area contributed by atoms with Crippen LogP contribution in [0.4, 0.5) is 5.69 Å². The summed E-state index contributed by atoms with van der Waals surface area (Å²) in [6, 6.07) is 7.46. The van der Waals surface area contributed by atoms with Gasteiger partial charge in [-0.2, -0.15) is 0 Å². The van der Waals surface area contributed by atoms with Crippen LogP contribution in [0, 0.1) is 0 Å². The molecule has 1 heterocycles. The summed E-state index contributed by atoms with van der Waals surface area (Å²) in [6.07, 6.45) is 0.176. The van der Waals surface area contributed by atoms with Crippen LogP contribution in [0.2, 0.25) is 0 Å². The summed E-state index contributed by atoms with van der Waals surface area (Å²) in [5.74, 6) is 0.000000000000000222. The van der Waals surface area contributed by atoms with E-state index in [0.717, 1.165) is 24.3 Å². The maximum absolute atomic E-state index is 12.4. The van der Waals surface area contributed by atoms with Crippen LogP contribution in [0.15, 0.2) is 24.3 Å². The molecule has 0 spiro atoms. The number of carbonyl (C=O) groups is 1. The van der Waals surface area contributed by atoms with Crippen molar-refractivity contribution in [1.82, 2.24) is 4.90 Å². The van der Waals surface area contributed by atoms with Gasteiger partial charge in [0.05, 0.1) is 18.8 Å². The van der Waals surface area contributed by atoms with Gasteiger partial charge in [0.15, 0.2) is 0 Å². The molecule has 0 saturated carbocycles. The zero-order valence-corrected chi connectivity index (χ0v) is 12.1. The van der Waals surface area contributed by atoms with Gasteiger partial charge >= 0.3 is 0 Å². The number of anilines is 1. The van der Waals surface area contributed by atoms with Crippen molar-refractivity contribution >= 4 is 11.6 Å². The first-order valence-corrected chi connectivity index (χ1v) is 7.06. The zero-order chi connectivity index (χ0) is 14.5. The molecule has 1 fully saturated rings. The number of para-hydroxylation sites is 1. The SMILES string of the molecule is CC1CN(C(C)C(=O)Nc2ccccc2CN)CCO1. The third kappa shape index (κ3) is 3.56. The number of rotatable bonds is 4. The summed E-state index contributed by atoms with van der Waals surface area (Å²) < 4.78 is 5.50. The molecule has 0 bridgehead atoms. The largest absolute Gasteiger partial charge is 0.376 e. The van der Waals surface area contributed by atoms with E-state index in [4.69, 9.17) is 10.5 Å². The minimum absolute atomic E-state index is 0.000000000000000222. The number of nitrogens with one attached hydrogen (secondary N) is 1. The molecular weight excluding hydrogens is 254 g/mol. The lowest BCUT2D eigenvalue weighted by atomic mass is 10.1. The van der Waals surface area contributed by atoms with Crippen molar-refractivity contribution < 1.29 is 9.53 Å². The fourth-order valence-corrected chi connectivity index (χ4v) is 2.42. The Morgan fingerprint density at radius 1 is 1.55 bits per heavy atom. The highest BCUT2D eigenvalue weighted by Gasteiger charge is 2.26. The molecule has 3 N–H and O–H groups in total. The number of nitrogens with two attached hydrogens (primary N) is 1. The predicted molar refractivity (Wildman–Crippen MR) is 79.4 cm³/mol. The molecule has 2 rings (SSSR count). The Hall–Kier alpha value is -1.43. The van der Waals surface area contributed by atoms with Crippen molar-refractivity contribution in [3.05, 3.63) is 29.8 Å². The van der Waals surface area contributed by atoms with E-state index in [9.17, 15) is 4.79 Å². The molecular formula is C15H23N3O2. The van der Waals surface area contributed by atoms with Gasteiger partial charge in [-0.15, -0.1) is 0 Å². The van der Waals surface area contributed by atoms with E-state index in [1.165, 1.54) is 0 Å². The van der Waals surface area contributed by atoms with E-state index in [2.05, 4.69) is 10.2 Å². The predicted octanol–water partition coefficient (Wildman–Crippen LogP) is 1.19. The normalized spacial score (nSPS) is 21.4. The summed E-state index contributed by atoms with van der Waals surface area (Å²) in [4.78, 5) is 14.5. The molecule has 1 aromatic rings. The van der Waals surface area contributed by atoms with Crippen molar-refractivity contribution in [2.24, 2.45) is 5.73 Å². The fourth-order valence-electron chi connectivity index (χ4n) is 2.42. The van der Waals surface area contributed by atoms with Crippen LogP contribution in [0.25, 0.3) is 0 Å². The lowest BCUT2D eigenvalue weighted by molar-refractivity contribution is -0.123. The van der Waals surface area contributed by atoms with Gasteiger partial charge in [-0.3, -0.25) is 9.69 Å². The Balaban J connectivity index is 2.00. The van der Waals surface area contributed by atoms with Crippen molar-refractivity contribution in [3.63, 3.8) is 0 Å². The maximum atomic E-state index is 12.4. The molecule has 1 aliphatic heterocycles. The molecule has 2 atom stereocenters. The summed E-state index contributed by atoms with van der Waals surface area (Å²) >= 11 is 0. The minimum atomic E-state index is -0.174. The standard InChI is InChI=1S/C15H23N3O2/c1-11-10-18(7-8-20-11)12(2)15(19)17-14-6-4-3-5-13(14)9-16/h3-6,11-12H,7-10,16H2,1-2H3,(H,17,19). The number of amides is 1. The van der Waals surface area contributed by atoms with Gasteiger partial charge in [-0.05, 0) is 25.5 Å². The summed E-state index contributed by atoms with van der Waals surface area (Å²) in [5, 5.41) is 2.97. The van der Waals surface area contributed by atoms with Crippen LogP contribution in [0.5, 0.6) is 0 Å². The van der Waals surface area contributed by atoms with Gasteiger partial charge in [0.1, 0.15) is 0 Å². The van der Waals surface area contributed by atoms with E-state index in [1.807, 2.05) is 38.1 Å². The van der Waals surface area contributed by atoms with E-state index >= 15 is 0 Å². The average molecular weight is 277 g/mol. The zero-order valence-electron chi connectivity index (χ0n) is 12.1. The Morgan fingerprint density at radius 3 is 3.00 bits per heavy atom. The number of hydrogen-bond donors (Lipinski definition) is 2. The molecule has 0 aromatic heterocycles. The van der Waals surface area contributed by atoms with E-state index in [1.54, 1.807) is 0 Å². The number of hydrogen-bond acceptors (Lipinski definition) is 4. The van der Waals surface area contributed by atoms with Gasteiger partial charge in [-0.25, -0.2) is 0 Å². The lowest BCUT2D eigenvalue weighted by Gasteiger charge is -2.34. The van der Waals surface area contributed by atoms with Crippen LogP contribution in [-0.4, -0.2) is 42.6 Å². The maximum Gasteiger partial charge on any atom is 0.241 e. The van der Waals surface area contributed by atoms with E-state index in [0.29, 0.717) is 13.2 Å². The van der Waals surface area contributed by atoms with E-state index in [-0.39, 0.29) is 18.1 Å². The number of nitrogens with zero attached hydrogens (tertiary/aromatic N) is 1. The van der Waals surface area contributed by atoms with Crippen LogP contribution in [0.1, 0.15) is 19.4 Å². The van der Waals surface area contributed by atoms with Crippen LogP contribution < -0.4 is 11.1 Å². The fraction of sp³-hybridized carbons (Fsp3) is 0.533. The highest BCUT2D eigenvalue weighted by Crippen LogP contribution is 2.16. The third-order valence-electron chi connectivity index (χ3n) is 3.69. The molecule has 20 heavy (non-hydrogen) atoms. The summed E-state index contributed by atoms with van der Waals surface area (Å²) in [5.41, 5.74) is 7.43. The van der Waals surface area contributed by atoms with Gasteiger partial charge < -0.3 is 15.8 Å². The second kappa shape index (κ2) is 6.83. The summed E-state index contributed by atoms with van der Waals surface area (Å²) in [7, 11) is 0. The Bertz CT molecular complexity index is 464. The molecule has 1 amide bonds. The molecule has 1 saturated heterocycles. The molecule has 5 heteroatoms. The van der Waals surface area contributed by atoms with E-state index < -0.39 is 0 Å². The number of morpholine rings is 1. The lowest BCUT2D eigenvalue weighted by Crippen LogP contribution is -2.50. The van der Waals surface area contributed by atoms with Crippen molar-refractivity contribution in [3.8, 4) is 0 Å². The highest BCUT2D eigenvalue weighted by molar-refractivity contribution is 5.95. The average Bonchev–Trinajstić information content (AvgIpc) is 2.47. The quantitative estimate of drug-likeness (QED) is 0.867. The molecule has 0 radical (unpaired) electrons. The Kier molecular flexibility index (Phi) is 5.11. The Morgan fingerprint density at radius 2 is 2.30 bits per heavy atom. The first-order valence-electron chi connectivity index (χ1n) is 7.06. The smallest absolute Gasteiger partial charge is 0.241 e. The highest BCUT2D eigenvalue weighted by atomic mass is 16.5. The Labute approximate surface area is 120 Å². The second-order valence-electron chi connectivity index (χ2n) is 5.20. The van der Waals surface area contributed by atoms with Gasteiger partial charge in [-0.1, -0.05) is 18.2 Å². The second-order valence-corrected chi connectivity index (χ2v) is 5.20. The molecule has 1 aromatic carbocycles. The molecule has 2 unspecified atom stereocenters. The van der Waals surface area contributed by atoms with Crippen LogP contribution in [0.3, 0.4) is 0 Å². The van der Waals surface area contributed by atoms with Crippen LogP contribution in [-0.2, 0) is 16.1 Å². The van der Waals surface area contributed by atoms with Crippen molar-refractivity contribution in [2.75, 3.05) is 25.0 Å². The first kappa shape index (κ1) is 15.0. The molecule has 5 nitrogen and oxygen atoms in total. The van der Waals surface area contributed by atoms with Gasteiger partial charge in [0.25, 0.3) is 0 Å². The first-order chi connectivity index (χ1) is 9.61. The van der Waals surface area contributed by atoms with Crippen LogP contribution >= 0.6 is 0 Å². The number of carbonyl (C=O) groups excluding carboxylic acids is 1. The van der Waals surface area contributed by atoms with Gasteiger partial charge in [0.2, 0.25) is 5.91 Å². The number of ether oxygens (including phenoxy) is 1. The molecule has 0 aliphatic carbocycles. The topological polar surface area (TPSA) is 67.6 Å². The minimum Gasteiger partial charge on any atom is -0.376 e. The summed E-state index contributed by atoms with van der Waals surface area (Å²) in [6.45, 7) is 6.63. The van der Waals surface area contributed by atoms with Gasteiger partial charge in [0, 0.05) is 25.3 Å².